The number of hydrogen-bond acceptors (Lipinski definition) is 4. The fourth-order valence-electron chi connectivity index (χ4n) is 2.26. The van der Waals surface area contributed by atoms with E-state index in [9.17, 15) is 5.11 Å². The van der Waals surface area contributed by atoms with E-state index in [4.69, 9.17) is 14.6 Å². The summed E-state index contributed by atoms with van der Waals surface area (Å²) >= 11 is 0. The van der Waals surface area contributed by atoms with Crippen LogP contribution in [0.1, 0.15) is 66.2 Å². The predicted molar refractivity (Wildman–Crippen MR) is 86.5 cm³/mol. The highest BCUT2D eigenvalue weighted by atomic mass is 16.5. The van der Waals surface area contributed by atoms with Crippen molar-refractivity contribution in [2.24, 2.45) is 5.92 Å². The normalized spacial score (nSPS) is 16.1. The van der Waals surface area contributed by atoms with Gasteiger partial charge in [-0.05, 0) is 32.6 Å². The summed E-state index contributed by atoms with van der Waals surface area (Å²) in [6.45, 7) is 8.96. The molecule has 0 radical (unpaired) electrons. The van der Waals surface area contributed by atoms with Crippen LogP contribution in [0.15, 0.2) is 0 Å². The van der Waals surface area contributed by atoms with Crippen molar-refractivity contribution in [3.8, 4) is 0 Å². The number of rotatable bonds is 14. The molecule has 128 valence electrons. The largest absolute Gasteiger partial charge is 0.394 e. The lowest BCUT2D eigenvalue weighted by molar-refractivity contribution is -0.0749. The Kier molecular flexibility index (Phi) is 13.4. The molecule has 0 aromatic heterocycles. The Balaban J connectivity index is 4.00. The molecule has 0 fully saturated rings. The van der Waals surface area contributed by atoms with Gasteiger partial charge in [0.2, 0.25) is 0 Å². The summed E-state index contributed by atoms with van der Waals surface area (Å²) in [6, 6.07) is 0. The Bertz CT molecular complexity index is 215. The maximum Gasteiger partial charge on any atom is 0.0801 e. The van der Waals surface area contributed by atoms with Gasteiger partial charge in [-0.3, -0.25) is 0 Å². The van der Waals surface area contributed by atoms with Gasteiger partial charge in [0.1, 0.15) is 0 Å². The van der Waals surface area contributed by atoms with Crippen molar-refractivity contribution in [2.75, 3.05) is 19.8 Å². The summed E-state index contributed by atoms with van der Waals surface area (Å²) in [6.07, 6.45) is 6.20. The highest BCUT2D eigenvalue weighted by Crippen LogP contribution is 2.20. The molecule has 0 aliphatic heterocycles. The van der Waals surface area contributed by atoms with Gasteiger partial charge in [0.15, 0.2) is 0 Å². The van der Waals surface area contributed by atoms with Crippen molar-refractivity contribution in [1.82, 2.24) is 0 Å². The average Bonchev–Trinajstić information content (AvgIpc) is 2.50. The Morgan fingerprint density at radius 2 is 1.38 bits per heavy atom. The Morgan fingerprint density at radius 1 is 0.857 bits per heavy atom. The standard InChI is InChI=1S/C17H36O4/c1-5-7-9-16(10-8-6-2)17(19)13-21-15(4)12-20-14(3)11-18/h14-19H,5-13H2,1-4H3. The maximum absolute atomic E-state index is 10.3. The van der Waals surface area contributed by atoms with Crippen molar-refractivity contribution in [3.05, 3.63) is 0 Å². The van der Waals surface area contributed by atoms with Crippen LogP contribution in [0.4, 0.5) is 0 Å². The summed E-state index contributed by atoms with van der Waals surface area (Å²) in [4.78, 5) is 0. The van der Waals surface area contributed by atoms with Crippen LogP contribution in [-0.2, 0) is 9.47 Å². The molecule has 0 aromatic rings. The van der Waals surface area contributed by atoms with Crippen molar-refractivity contribution >= 4 is 0 Å². The van der Waals surface area contributed by atoms with Crippen molar-refractivity contribution in [2.45, 2.75) is 84.5 Å². The van der Waals surface area contributed by atoms with E-state index < -0.39 is 0 Å². The van der Waals surface area contributed by atoms with E-state index in [1.54, 1.807) is 0 Å². The molecule has 0 bridgehead atoms. The van der Waals surface area contributed by atoms with Gasteiger partial charge in [-0.2, -0.15) is 0 Å². The number of ether oxygens (including phenoxy) is 2. The Labute approximate surface area is 130 Å². The lowest BCUT2D eigenvalue weighted by atomic mass is 9.91. The Hall–Kier alpha value is -0.160. The number of aliphatic hydroxyl groups excluding tert-OH is 2. The second-order valence-electron chi connectivity index (χ2n) is 6.08. The minimum absolute atomic E-state index is 0.0193. The summed E-state index contributed by atoms with van der Waals surface area (Å²) in [5.74, 6) is 0.342. The molecule has 4 nitrogen and oxygen atoms in total. The van der Waals surface area contributed by atoms with Crippen molar-refractivity contribution in [3.63, 3.8) is 0 Å². The first-order valence-electron chi connectivity index (χ1n) is 8.57. The summed E-state index contributed by atoms with van der Waals surface area (Å²) < 4.78 is 11.1. The quantitative estimate of drug-likeness (QED) is 0.517. The van der Waals surface area contributed by atoms with Crippen LogP contribution in [0.2, 0.25) is 0 Å². The van der Waals surface area contributed by atoms with Crippen LogP contribution < -0.4 is 0 Å². The second-order valence-corrected chi connectivity index (χ2v) is 6.08. The minimum atomic E-state index is -0.388. The smallest absolute Gasteiger partial charge is 0.0801 e. The summed E-state index contributed by atoms with van der Waals surface area (Å²) in [5.41, 5.74) is 0. The number of aliphatic hydroxyl groups is 2. The maximum atomic E-state index is 10.3. The van der Waals surface area contributed by atoms with E-state index in [2.05, 4.69) is 13.8 Å². The topological polar surface area (TPSA) is 58.9 Å². The van der Waals surface area contributed by atoms with E-state index in [0.717, 1.165) is 25.7 Å². The molecule has 4 heteroatoms. The predicted octanol–water partition coefficient (Wildman–Crippen LogP) is 3.15. The van der Waals surface area contributed by atoms with Gasteiger partial charge in [-0.1, -0.05) is 39.5 Å². The summed E-state index contributed by atoms with van der Waals surface area (Å²) in [5, 5.41) is 19.2. The third kappa shape index (κ3) is 11.1. The zero-order chi connectivity index (χ0) is 16.1. The molecule has 0 aromatic carbocycles. The van der Waals surface area contributed by atoms with Gasteiger partial charge in [0.05, 0.1) is 38.1 Å². The van der Waals surface area contributed by atoms with Gasteiger partial charge >= 0.3 is 0 Å². The highest BCUT2D eigenvalue weighted by molar-refractivity contribution is 4.69. The van der Waals surface area contributed by atoms with Crippen LogP contribution in [0.5, 0.6) is 0 Å². The van der Waals surface area contributed by atoms with Gasteiger partial charge in [0, 0.05) is 0 Å². The van der Waals surface area contributed by atoms with Crippen LogP contribution >= 0.6 is 0 Å². The third-order valence-electron chi connectivity index (χ3n) is 3.83. The molecular formula is C17H36O4. The van der Waals surface area contributed by atoms with Crippen LogP contribution in [0.3, 0.4) is 0 Å². The summed E-state index contributed by atoms with van der Waals surface area (Å²) in [7, 11) is 0. The molecule has 0 heterocycles. The third-order valence-corrected chi connectivity index (χ3v) is 3.83. The van der Waals surface area contributed by atoms with Crippen molar-refractivity contribution < 1.29 is 19.7 Å². The van der Waals surface area contributed by atoms with Gasteiger partial charge in [-0.15, -0.1) is 0 Å². The van der Waals surface area contributed by atoms with Gasteiger partial charge < -0.3 is 19.7 Å². The Morgan fingerprint density at radius 3 is 1.86 bits per heavy atom. The number of unbranched alkanes of at least 4 members (excludes halogenated alkanes) is 2. The molecule has 2 N–H and O–H groups in total. The van der Waals surface area contributed by atoms with Crippen LogP contribution in [0.25, 0.3) is 0 Å². The van der Waals surface area contributed by atoms with E-state index in [1.807, 2.05) is 13.8 Å². The zero-order valence-corrected chi connectivity index (χ0v) is 14.4. The molecule has 0 spiro atoms. The van der Waals surface area contributed by atoms with Crippen LogP contribution in [0, 0.1) is 5.92 Å². The van der Waals surface area contributed by atoms with Crippen LogP contribution in [-0.4, -0.2) is 48.3 Å². The molecule has 0 saturated heterocycles. The van der Waals surface area contributed by atoms with E-state index in [1.165, 1.54) is 12.8 Å². The first-order chi connectivity index (χ1) is 10.0. The van der Waals surface area contributed by atoms with E-state index in [-0.39, 0.29) is 24.9 Å². The molecule has 3 atom stereocenters. The lowest BCUT2D eigenvalue weighted by Gasteiger charge is -2.24. The SMILES string of the molecule is CCCCC(CCCC)C(O)COC(C)COC(C)CO. The molecule has 21 heavy (non-hydrogen) atoms. The molecule has 3 unspecified atom stereocenters. The molecule has 0 rings (SSSR count). The van der Waals surface area contributed by atoms with Gasteiger partial charge in [-0.25, -0.2) is 0 Å². The molecule has 0 amide bonds. The molecular weight excluding hydrogens is 268 g/mol. The molecule has 0 aliphatic rings. The minimum Gasteiger partial charge on any atom is -0.394 e. The first-order valence-corrected chi connectivity index (χ1v) is 8.57. The lowest BCUT2D eigenvalue weighted by Crippen LogP contribution is -2.30. The van der Waals surface area contributed by atoms with E-state index >= 15 is 0 Å². The average molecular weight is 304 g/mol. The fraction of sp³-hybridized carbons (Fsp3) is 1.00. The molecule has 0 saturated carbocycles. The monoisotopic (exact) mass is 304 g/mol. The fourth-order valence-corrected chi connectivity index (χ4v) is 2.26. The van der Waals surface area contributed by atoms with Crippen molar-refractivity contribution in [1.29, 1.82) is 0 Å². The first kappa shape index (κ1) is 20.8. The van der Waals surface area contributed by atoms with E-state index in [0.29, 0.717) is 19.1 Å². The molecule has 0 aliphatic carbocycles. The zero-order valence-electron chi connectivity index (χ0n) is 14.4. The highest BCUT2D eigenvalue weighted by Gasteiger charge is 2.19. The second kappa shape index (κ2) is 13.5. The van der Waals surface area contributed by atoms with Gasteiger partial charge in [0.25, 0.3) is 0 Å². The number of hydrogen-bond donors (Lipinski definition) is 2.